The highest BCUT2D eigenvalue weighted by molar-refractivity contribution is 5.83. The first kappa shape index (κ1) is 24.7. The van der Waals surface area contributed by atoms with E-state index in [4.69, 9.17) is 4.74 Å². The Bertz CT molecular complexity index is 967. The summed E-state index contributed by atoms with van der Waals surface area (Å²) in [4.78, 5) is 33.8. The quantitative estimate of drug-likeness (QED) is 0.313. The Morgan fingerprint density at radius 3 is 2.00 bits per heavy atom. The number of methoxy groups -OCH3 is 1. The Kier molecular flexibility index (Phi) is 7.52. The minimum Gasteiger partial charge on any atom is -0.447 e. The summed E-state index contributed by atoms with van der Waals surface area (Å²) in [7, 11) is 0.674. The normalized spacial score (nSPS) is 15.3. The molecule has 0 saturated carbocycles. The molecule has 0 aliphatic rings. The van der Waals surface area contributed by atoms with Crippen LogP contribution in [0.1, 0.15) is 30.6 Å². The highest BCUT2D eigenvalue weighted by atomic mass is 19.4. The fourth-order valence-corrected chi connectivity index (χ4v) is 3.21. The van der Waals surface area contributed by atoms with Crippen LogP contribution in [0.4, 0.5) is 18.9 Å². The second-order valence-electron chi connectivity index (χ2n) is 6.68. The van der Waals surface area contributed by atoms with Gasteiger partial charge in [0.15, 0.2) is 6.10 Å². The van der Waals surface area contributed by atoms with Crippen LogP contribution >= 0.6 is 0 Å². The van der Waals surface area contributed by atoms with Crippen LogP contribution in [0.5, 0.6) is 0 Å². The number of carbonyl (C=O) groups is 1. The van der Waals surface area contributed by atoms with Crippen LogP contribution in [-0.4, -0.2) is 35.1 Å². The third-order valence-corrected chi connectivity index (χ3v) is 4.88. The zero-order valence-electron chi connectivity index (χ0n) is 16.9. The molecule has 0 amide bonds. The average molecular weight is 456 g/mol. The fraction of sp³-hybridized carbons (Fsp3) is 0.350. The van der Waals surface area contributed by atoms with Gasteiger partial charge in [0.2, 0.25) is 0 Å². The molecule has 0 radical (unpaired) electrons. The van der Waals surface area contributed by atoms with Crippen molar-refractivity contribution < 1.29 is 37.3 Å². The van der Waals surface area contributed by atoms with Gasteiger partial charge in [-0.15, -0.1) is 0 Å². The monoisotopic (exact) mass is 456 g/mol. The molecule has 0 aliphatic heterocycles. The number of benzene rings is 2. The lowest BCUT2D eigenvalue weighted by molar-refractivity contribution is -0.536. The number of nitrogens with zero attached hydrogens (tertiary/aromatic N) is 2. The van der Waals surface area contributed by atoms with Crippen LogP contribution in [0.15, 0.2) is 54.6 Å². The topological polar surface area (TPSA) is 122 Å². The van der Waals surface area contributed by atoms with Crippen molar-refractivity contribution in [3.63, 3.8) is 0 Å². The van der Waals surface area contributed by atoms with Gasteiger partial charge in [0.25, 0.3) is 17.3 Å². The van der Waals surface area contributed by atoms with Gasteiger partial charge in [-0.05, 0) is 17.7 Å². The van der Waals surface area contributed by atoms with Gasteiger partial charge in [0.1, 0.15) is 0 Å². The van der Waals surface area contributed by atoms with Crippen LogP contribution in [0, 0.1) is 20.2 Å². The van der Waals surface area contributed by atoms with Gasteiger partial charge in [-0.3, -0.25) is 20.2 Å². The molecule has 0 aromatic heterocycles. The van der Waals surface area contributed by atoms with Crippen LogP contribution in [0.2, 0.25) is 0 Å². The molecule has 0 saturated heterocycles. The summed E-state index contributed by atoms with van der Waals surface area (Å²) in [6, 6.07) is 8.59. The maximum atomic E-state index is 14.1. The molecule has 0 spiro atoms. The average Bonchev–Trinajstić information content (AvgIpc) is 2.74. The Hall–Kier alpha value is -3.54. The number of nitro benzene ring substituents is 1. The van der Waals surface area contributed by atoms with Gasteiger partial charge in [-0.1, -0.05) is 37.3 Å². The fourth-order valence-electron chi connectivity index (χ4n) is 3.21. The predicted octanol–water partition coefficient (Wildman–Crippen LogP) is 4.34. The van der Waals surface area contributed by atoms with Crippen molar-refractivity contribution in [2.24, 2.45) is 0 Å². The highest BCUT2D eigenvalue weighted by Gasteiger charge is 2.64. The molecule has 9 nitrogen and oxygen atoms in total. The van der Waals surface area contributed by atoms with Crippen molar-refractivity contribution >= 4 is 11.7 Å². The molecular formula is C20H19F3N2O7. The highest BCUT2D eigenvalue weighted by Crippen LogP contribution is 2.44. The van der Waals surface area contributed by atoms with E-state index in [2.05, 4.69) is 4.74 Å². The Morgan fingerprint density at radius 1 is 1.03 bits per heavy atom. The summed E-state index contributed by atoms with van der Waals surface area (Å²) >= 11 is 0. The minimum atomic E-state index is -5.27. The van der Waals surface area contributed by atoms with Crippen molar-refractivity contribution in [2.75, 3.05) is 7.11 Å². The number of halogens is 3. The molecule has 0 fully saturated rings. The summed E-state index contributed by atoms with van der Waals surface area (Å²) in [6.07, 6.45) is -7.22. The number of hydrogen-bond acceptors (Lipinski definition) is 7. The van der Waals surface area contributed by atoms with E-state index in [1.807, 2.05) is 0 Å². The first-order valence-electron chi connectivity index (χ1n) is 9.25. The van der Waals surface area contributed by atoms with E-state index in [9.17, 15) is 38.2 Å². The number of rotatable bonds is 9. The Labute approximate surface area is 180 Å². The smallest absolute Gasteiger partial charge is 0.432 e. The van der Waals surface area contributed by atoms with Gasteiger partial charge in [0, 0.05) is 36.2 Å². The van der Waals surface area contributed by atoms with E-state index in [1.54, 1.807) is 0 Å². The second kappa shape index (κ2) is 9.73. The molecule has 0 aliphatic carbocycles. The van der Waals surface area contributed by atoms with Crippen LogP contribution in [0.25, 0.3) is 0 Å². The Morgan fingerprint density at radius 2 is 1.59 bits per heavy atom. The minimum absolute atomic E-state index is 0.0762. The maximum absolute atomic E-state index is 14.1. The first-order chi connectivity index (χ1) is 15.0. The largest absolute Gasteiger partial charge is 0.447 e. The third kappa shape index (κ3) is 4.69. The van der Waals surface area contributed by atoms with Crippen LogP contribution in [-0.2, 0) is 19.9 Å². The number of carbonyl (C=O) groups excluding carboxylic acids is 1. The molecule has 2 aromatic carbocycles. The second-order valence-corrected chi connectivity index (χ2v) is 6.68. The molecule has 2 aromatic rings. The van der Waals surface area contributed by atoms with E-state index in [0.717, 1.165) is 36.4 Å². The van der Waals surface area contributed by atoms with Crippen LogP contribution < -0.4 is 0 Å². The molecular weight excluding hydrogens is 437 g/mol. The third-order valence-electron chi connectivity index (χ3n) is 4.88. The summed E-state index contributed by atoms with van der Waals surface area (Å²) < 4.78 is 52.1. The molecule has 0 N–H and O–H groups in total. The molecule has 0 bridgehead atoms. The zero-order chi connectivity index (χ0) is 24.1. The molecule has 32 heavy (non-hydrogen) atoms. The van der Waals surface area contributed by atoms with Gasteiger partial charge in [-0.2, -0.15) is 13.2 Å². The van der Waals surface area contributed by atoms with E-state index >= 15 is 0 Å². The standard InChI is InChI=1S/C20H19F3N2O7/c1-3-16(25(29)30)17(13-9-11-15(12-10-13)24(27)28)32-18(26)19(31-2,20(21,22)23)14-7-5-4-6-8-14/h4-12,16-17H,3H2,1-2H3/t16-,17+,19-/m0/s1. The van der Waals surface area contributed by atoms with Gasteiger partial charge in [0.05, 0.1) is 4.92 Å². The molecule has 12 heteroatoms. The number of non-ortho nitro benzene ring substituents is 1. The molecule has 2 rings (SSSR count). The van der Waals surface area contributed by atoms with E-state index in [1.165, 1.54) is 25.1 Å². The van der Waals surface area contributed by atoms with Crippen LogP contribution in [0.3, 0.4) is 0 Å². The maximum Gasteiger partial charge on any atom is 0.432 e. The number of ether oxygens (including phenoxy) is 2. The predicted molar refractivity (Wildman–Crippen MR) is 104 cm³/mol. The van der Waals surface area contributed by atoms with Crippen molar-refractivity contribution in [2.45, 2.75) is 37.3 Å². The number of alkyl halides is 3. The van der Waals surface area contributed by atoms with Gasteiger partial charge >= 0.3 is 12.1 Å². The molecule has 0 heterocycles. The summed E-state index contributed by atoms with van der Waals surface area (Å²) in [5.41, 5.74) is -4.54. The molecule has 3 atom stereocenters. The lowest BCUT2D eigenvalue weighted by atomic mass is 9.92. The van der Waals surface area contributed by atoms with Crippen molar-refractivity contribution in [3.05, 3.63) is 86.0 Å². The van der Waals surface area contributed by atoms with Gasteiger partial charge < -0.3 is 9.47 Å². The first-order valence-corrected chi connectivity index (χ1v) is 9.25. The van der Waals surface area contributed by atoms with E-state index in [-0.39, 0.29) is 17.7 Å². The Balaban J connectivity index is 2.58. The zero-order valence-corrected chi connectivity index (χ0v) is 16.9. The SMILES string of the molecule is CC[C@@H]([C@H](OC(=O)[C@@](OC)(c1ccccc1)C(F)(F)F)c1ccc([N+](=O)[O-])cc1)[N+](=O)[O-]. The lowest BCUT2D eigenvalue weighted by Crippen LogP contribution is -2.52. The number of nitro groups is 2. The molecule has 0 unspecified atom stereocenters. The van der Waals surface area contributed by atoms with Crippen molar-refractivity contribution in [3.8, 4) is 0 Å². The lowest BCUT2D eigenvalue weighted by Gasteiger charge is -2.34. The van der Waals surface area contributed by atoms with Gasteiger partial charge in [-0.25, -0.2) is 4.79 Å². The summed E-state index contributed by atoms with van der Waals surface area (Å²) in [6.45, 7) is 1.39. The number of esters is 1. The number of hydrogen-bond donors (Lipinski definition) is 0. The summed E-state index contributed by atoms with van der Waals surface area (Å²) in [5, 5.41) is 22.4. The summed E-state index contributed by atoms with van der Waals surface area (Å²) in [5.74, 6) is -1.90. The van der Waals surface area contributed by atoms with E-state index < -0.39 is 45.3 Å². The molecule has 172 valence electrons. The van der Waals surface area contributed by atoms with Crippen molar-refractivity contribution in [1.29, 1.82) is 0 Å². The van der Waals surface area contributed by atoms with Crippen molar-refractivity contribution in [1.82, 2.24) is 0 Å². The van der Waals surface area contributed by atoms with E-state index in [0.29, 0.717) is 7.11 Å².